The van der Waals surface area contributed by atoms with Gasteiger partial charge in [0, 0.05) is 23.7 Å². The number of allylic oxidation sites excluding steroid dienone is 2. The molecule has 4 heteroatoms. The minimum atomic E-state index is -0.712. The molecule has 0 bridgehead atoms. The second-order valence-electron chi connectivity index (χ2n) is 14.8. The van der Waals surface area contributed by atoms with Gasteiger partial charge in [0.25, 0.3) is 0 Å². The summed E-state index contributed by atoms with van der Waals surface area (Å²) in [6.45, 7) is 16.0. The third kappa shape index (κ3) is 2.95. The normalized spacial score (nSPS) is 48.0. The first kappa shape index (κ1) is 25.2. The second kappa shape index (κ2) is 7.32. The first-order valence-corrected chi connectivity index (χ1v) is 14.0. The zero-order chi connectivity index (χ0) is 25.8. The molecule has 0 aliphatic heterocycles. The molecule has 5 aliphatic carbocycles. The summed E-state index contributed by atoms with van der Waals surface area (Å²) in [6, 6.07) is 0. The van der Waals surface area contributed by atoms with Crippen LogP contribution in [0.25, 0.3) is 0 Å². The van der Waals surface area contributed by atoms with Gasteiger partial charge in [0.2, 0.25) is 0 Å². The molecule has 35 heavy (non-hydrogen) atoms. The van der Waals surface area contributed by atoms with Crippen LogP contribution >= 0.6 is 0 Å². The van der Waals surface area contributed by atoms with Crippen molar-refractivity contribution in [3.8, 4) is 0 Å². The number of methoxy groups -OCH3 is 1. The molecule has 0 radical (unpaired) electrons. The van der Waals surface area contributed by atoms with Crippen LogP contribution in [0.1, 0.15) is 106 Å². The fraction of sp³-hybridized carbons (Fsp3) is 0.839. The second-order valence-corrected chi connectivity index (χ2v) is 14.8. The Morgan fingerprint density at radius 2 is 1.60 bits per heavy atom. The smallest absolute Gasteiger partial charge is 0.312 e. The van der Waals surface area contributed by atoms with Crippen molar-refractivity contribution in [3.05, 3.63) is 11.6 Å². The lowest BCUT2D eigenvalue weighted by molar-refractivity contribution is -0.190. The van der Waals surface area contributed by atoms with Crippen LogP contribution in [0.4, 0.5) is 0 Å². The van der Waals surface area contributed by atoms with Crippen LogP contribution in [-0.2, 0) is 19.1 Å². The lowest BCUT2D eigenvalue weighted by Gasteiger charge is -2.70. The van der Waals surface area contributed by atoms with E-state index in [1.807, 2.05) is 0 Å². The minimum Gasteiger partial charge on any atom is -0.469 e. The maximum Gasteiger partial charge on any atom is 0.312 e. The summed E-state index contributed by atoms with van der Waals surface area (Å²) in [6.07, 6.45) is 10.1. The van der Waals surface area contributed by atoms with Gasteiger partial charge in [0.1, 0.15) is 11.6 Å². The number of ether oxygens (including phenoxy) is 1. The van der Waals surface area contributed by atoms with Gasteiger partial charge in [0.05, 0.1) is 12.5 Å². The van der Waals surface area contributed by atoms with E-state index in [1.165, 1.54) is 12.7 Å². The summed E-state index contributed by atoms with van der Waals surface area (Å²) in [5.74, 6) is 1.47. The number of ketones is 2. The third-order valence-corrected chi connectivity index (χ3v) is 12.9. The highest BCUT2D eigenvalue weighted by atomic mass is 16.5. The summed E-state index contributed by atoms with van der Waals surface area (Å²) in [4.78, 5) is 39.4. The SMILES string of the molecule is COC(=O)C12CCC3(C)C(=CCC4C5(C)CCC(=O)C(C)(C)C5CCC43C)C1CC(C)(C)C(=O)C2. The zero-order valence-corrected chi connectivity index (χ0v) is 23.3. The predicted molar refractivity (Wildman–Crippen MR) is 136 cm³/mol. The van der Waals surface area contributed by atoms with Gasteiger partial charge in [-0.3, -0.25) is 14.4 Å². The molecule has 0 spiro atoms. The Kier molecular flexibility index (Phi) is 5.27. The van der Waals surface area contributed by atoms with Crippen LogP contribution in [0.5, 0.6) is 0 Å². The molecule has 0 saturated heterocycles. The van der Waals surface area contributed by atoms with Crippen LogP contribution in [0.2, 0.25) is 0 Å². The van der Waals surface area contributed by atoms with Gasteiger partial charge in [0.15, 0.2) is 0 Å². The lowest BCUT2D eigenvalue weighted by atomic mass is 9.33. The van der Waals surface area contributed by atoms with Gasteiger partial charge < -0.3 is 4.74 Å². The quantitative estimate of drug-likeness (QED) is 0.308. The average molecular weight is 483 g/mol. The van der Waals surface area contributed by atoms with Crippen molar-refractivity contribution in [3.63, 3.8) is 0 Å². The number of esters is 1. The Balaban J connectivity index is 1.62. The molecular formula is C31H46O4. The van der Waals surface area contributed by atoms with Crippen molar-refractivity contribution in [2.24, 2.45) is 50.2 Å². The Bertz CT molecular complexity index is 1020. The van der Waals surface area contributed by atoms with Gasteiger partial charge in [-0.2, -0.15) is 0 Å². The molecule has 0 amide bonds. The number of carbonyl (C=O) groups is 3. The summed E-state index contributed by atoms with van der Waals surface area (Å²) < 4.78 is 5.38. The molecule has 0 aromatic rings. The maximum absolute atomic E-state index is 13.3. The highest BCUT2D eigenvalue weighted by molar-refractivity contribution is 5.92. The highest BCUT2D eigenvalue weighted by Crippen LogP contribution is 2.75. The molecular weight excluding hydrogens is 436 g/mol. The summed E-state index contributed by atoms with van der Waals surface area (Å²) in [5.41, 5.74) is 0.308. The van der Waals surface area contributed by atoms with E-state index in [0.717, 1.165) is 44.9 Å². The van der Waals surface area contributed by atoms with Crippen molar-refractivity contribution in [1.29, 1.82) is 0 Å². The van der Waals surface area contributed by atoms with Crippen molar-refractivity contribution in [2.75, 3.05) is 7.11 Å². The standard InChI is InChI=1S/C31H46O4/c1-26(2)17-20-19-9-10-22-28(5)13-12-23(32)27(3,4)21(28)11-14-30(22,7)29(19,6)15-16-31(20,18-24(26)33)25(34)35-8/h9,20-22H,10-18H2,1-8H3. The van der Waals surface area contributed by atoms with Gasteiger partial charge in [-0.25, -0.2) is 0 Å². The Labute approximate surface area is 212 Å². The molecule has 4 fully saturated rings. The van der Waals surface area contributed by atoms with Crippen LogP contribution < -0.4 is 0 Å². The van der Waals surface area contributed by atoms with E-state index in [2.05, 4.69) is 54.5 Å². The first-order valence-electron chi connectivity index (χ1n) is 14.0. The Morgan fingerprint density at radius 1 is 0.914 bits per heavy atom. The third-order valence-electron chi connectivity index (χ3n) is 12.9. The van der Waals surface area contributed by atoms with Gasteiger partial charge in [-0.05, 0) is 78.9 Å². The average Bonchev–Trinajstić information content (AvgIpc) is 2.77. The van der Waals surface area contributed by atoms with Crippen LogP contribution in [0.15, 0.2) is 11.6 Å². The summed E-state index contributed by atoms with van der Waals surface area (Å²) in [5, 5.41) is 0. The molecule has 0 aromatic heterocycles. The zero-order valence-electron chi connectivity index (χ0n) is 23.3. The lowest BCUT2D eigenvalue weighted by Crippen LogP contribution is -2.65. The number of hydrogen-bond acceptors (Lipinski definition) is 4. The minimum absolute atomic E-state index is 0.00580. The fourth-order valence-corrected chi connectivity index (χ4v) is 10.4. The molecule has 5 rings (SSSR count). The highest BCUT2D eigenvalue weighted by Gasteiger charge is 2.70. The van der Waals surface area contributed by atoms with Gasteiger partial charge in [-0.15, -0.1) is 0 Å². The predicted octanol–water partition coefficient (Wildman–Crippen LogP) is 6.71. The number of hydrogen-bond donors (Lipinski definition) is 0. The maximum atomic E-state index is 13.3. The van der Waals surface area contributed by atoms with E-state index >= 15 is 0 Å². The number of fused-ring (bicyclic) bond motifs is 7. The van der Waals surface area contributed by atoms with Crippen LogP contribution in [0.3, 0.4) is 0 Å². The fourth-order valence-electron chi connectivity index (χ4n) is 10.4. The molecule has 0 heterocycles. The molecule has 4 saturated carbocycles. The van der Waals surface area contributed by atoms with Gasteiger partial charge in [-0.1, -0.05) is 60.1 Å². The molecule has 194 valence electrons. The summed E-state index contributed by atoms with van der Waals surface area (Å²) in [7, 11) is 1.48. The van der Waals surface area contributed by atoms with Crippen molar-refractivity contribution >= 4 is 17.5 Å². The van der Waals surface area contributed by atoms with Crippen molar-refractivity contribution < 1.29 is 19.1 Å². The van der Waals surface area contributed by atoms with E-state index < -0.39 is 10.8 Å². The Morgan fingerprint density at radius 3 is 2.26 bits per heavy atom. The van der Waals surface area contributed by atoms with E-state index in [0.29, 0.717) is 30.5 Å². The van der Waals surface area contributed by atoms with Crippen molar-refractivity contribution in [1.82, 2.24) is 0 Å². The monoisotopic (exact) mass is 482 g/mol. The number of Topliss-reactive ketones (excluding diaryl/α,β-unsaturated/α-hetero) is 2. The van der Waals surface area contributed by atoms with E-state index in [9.17, 15) is 14.4 Å². The molecule has 7 unspecified atom stereocenters. The van der Waals surface area contributed by atoms with Crippen molar-refractivity contribution in [2.45, 2.75) is 106 Å². The molecule has 0 aromatic carbocycles. The largest absolute Gasteiger partial charge is 0.469 e. The number of rotatable bonds is 1. The van der Waals surface area contributed by atoms with Gasteiger partial charge >= 0.3 is 5.97 Å². The van der Waals surface area contributed by atoms with E-state index in [1.54, 1.807) is 0 Å². The molecule has 0 N–H and O–H groups in total. The molecule has 7 atom stereocenters. The van der Waals surface area contributed by atoms with Crippen LogP contribution in [-0.4, -0.2) is 24.6 Å². The van der Waals surface area contributed by atoms with E-state index in [4.69, 9.17) is 4.74 Å². The first-order chi connectivity index (χ1) is 16.1. The Hall–Kier alpha value is -1.45. The summed E-state index contributed by atoms with van der Waals surface area (Å²) >= 11 is 0. The van der Waals surface area contributed by atoms with Crippen LogP contribution in [0, 0.1) is 50.2 Å². The topological polar surface area (TPSA) is 60.4 Å². The molecule has 5 aliphatic rings. The van der Waals surface area contributed by atoms with E-state index in [-0.39, 0.29) is 39.3 Å². The number of carbonyl (C=O) groups excluding carboxylic acids is 3. The molecule has 4 nitrogen and oxygen atoms in total.